The Bertz CT molecular complexity index is 228. The van der Waals surface area contributed by atoms with E-state index in [1.165, 1.54) is 0 Å². The minimum absolute atomic E-state index is 0.0240. The Morgan fingerprint density at radius 1 is 1.56 bits per heavy atom. The van der Waals surface area contributed by atoms with E-state index >= 15 is 0 Å². The number of hydrogen-bond donors (Lipinski definition) is 2. The van der Waals surface area contributed by atoms with Crippen LogP contribution in [0.1, 0.15) is 26.7 Å². The molecule has 5 heteroatoms. The zero-order valence-corrected chi connectivity index (χ0v) is 11.5. The quantitative estimate of drug-likeness (QED) is 0.624. The third kappa shape index (κ3) is 7.63. The van der Waals surface area contributed by atoms with Gasteiger partial charge in [-0.2, -0.15) is 0 Å². The summed E-state index contributed by atoms with van der Waals surface area (Å²) in [5.41, 5.74) is 0. The van der Waals surface area contributed by atoms with Crippen molar-refractivity contribution in [1.82, 2.24) is 10.6 Å². The molecule has 0 aromatic carbocycles. The van der Waals surface area contributed by atoms with E-state index in [0.29, 0.717) is 32.1 Å². The Hall–Kier alpha value is -0.650. The molecule has 1 rings (SSSR count). The molecule has 5 nitrogen and oxygen atoms in total. The molecule has 18 heavy (non-hydrogen) atoms. The van der Waals surface area contributed by atoms with Crippen molar-refractivity contribution in [2.45, 2.75) is 32.8 Å². The summed E-state index contributed by atoms with van der Waals surface area (Å²) >= 11 is 0. The first-order valence-electron chi connectivity index (χ1n) is 6.85. The summed E-state index contributed by atoms with van der Waals surface area (Å²) < 4.78 is 10.9. The van der Waals surface area contributed by atoms with Crippen LogP contribution >= 0.6 is 0 Å². The molecule has 1 fully saturated rings. The summed E-state index contributed by atoms with van der Waals surface area (Å²) in [6.45, 7) is 8.77. The second kappa shape index (κ2) is 9.30. The minimum Gasteiger partial charge on any atom is -0.381 e. The van der Waals surface area contributed by atoms with Gasteiger partial charge in [0.2, 0.25) is 5.91 Å². The fraction of sp³-hybridized carbons (Fsp3) is 0.923. The molecule has 1 unspecified atom stereocenters. The first-order chi connectivity index (χ1) is 8.68. The fourth-order valence-corrected chi connectivity index (χ4v) is 1.75. The van der Waals surface area contributed by atoms with E-state index in [1.54, 1.807) is 0 Å². The summed E-state index contributed by atoms with van der Waals surface area (Å²) in [6.07, 6.45) is 1.33. The monoisotopic (exact) mass is 258 g/mol. The van der Waals surface area contributed by atoms with E-state index in [4.69, 9.17) is 9.47 Å². The Balaban J connectivity index is 1.93. The van der Waals surface area contributed by atoms with Crippen molar-refractivity contribution in [3.8, 4) is 0 Å². The first-order valence-corrected chi connectivity index (χ1v) is 6.85. The first kappa shape index (κ1) is 15.4. The summed E-state index contributed by atoms with van der Waals surface area (Å²) in [7, 11) is 0. The van der Waals surface area contributed by atoms with Gasteiger partial charge in [-0.25, -0.2) is 0 Å². The summed E-state index contributed by atoms with van der Waals surface area (Å²) in [5, 5.41) is 6.10. The zero-order valence-electron chi connectivity index (χ0n) is 11.5. The van der Waals surface area contributed by atoms with Crippen molar-refractivity contribution >= 4 is 5.91 Å². The van der Waals surface area contributed by atoms with Gasteiger partial charge in [0.1, 0.15) is 0 Å². The number of rotatable bonds is 8. The van der Waals surface area contributed by atoms with Gasteiger partial charge in [0, 0.05) is 32.8 Å². The van der Waals surface area contributed by atoms with E-state index in [0.717, 1.165) is 26.1 Å². The molecule has 0 spiro atoms. The lowest BCUT2D eigenvalue weighted by molar-refractivity contribution is -0.124. The van der Waals surface area contributed by atoms with Gasteiger partial charge in [-0.3, -0.25) is 4.79 Å². The average Bonchev–Trinajstić information content (AvgIpc) is 2.34. The maximum atomic E-state index is 11.6. The Labute approximate surface area is 110 Å². The fourth-order valence-electron chi connectivity index (χ4n) is 1.75. The van der Waals surface area contributed by atoms with Crippen molar-refractivity contribution in [3.05, 3.63) is 0 Å². The van der Waals surface area contributed by atoms with Crippen molar-refractivity contribution < 1.29 is 14.3 Å². The van der Waals surface area contributed by atoms with Crippen molar-refractivity contribution in [3.63, 3.8) is 0 Å². The highest BCUT2D eigenvalue weighted by molar-refractivity contribution is 5.76. The molecule has 0 bridgehead atoms. The van der Waals surface area contributed by atoms with Crippen LogP contribution in [-0.4, -0.2) is 51.5 Å². The lowest BCUT2D eigenvalue weighted by Gasteiger charge is -2.23. The highest BCUT2D eigenvalue weighted by Gasteiger charge is 2.16. The molecule has 0 aromatic rings. The number of amides is 1. The zero-order chi connectivity index (χ0) is 13.2. The lowest BCUT2D eigenvalue weighted by atomic mass is 10.2. The molecule has 0 aromatic heterocycles. The molecule has 0 saturated carbocycles. The maximum Gasteiger partial charge on any atom is 0.222 e. The number of hydrogen-bond acceptors (Lipinski definition) is 4. The van der Waals surface area contributed by atoms with E-state index < -0.39 is 0 Å². The largest absolute Gasteiger partial charge is 0.381 e. The van der Waals surface area contributed by atoms with Gasteiger partial charge in [-0.15, -0.1) is 0 Å². The van der Waals surface area contributed by atoms with Gasteiger partial charge in [0.15, 0.2) is 0 Å². The number of nitrogens with one attached hydrogen (secondary N) is 2. The smallest absolute Gasteiger partial charge is 0.222 e. The third-order valence-electron chi connectivity index (χ3n) is 2.66. The summed E-state index contributed by atoms with van der Waals surface area (Å²) in [6, 6.07) is 0. The topological polar surface area (TPSA) is 59.6 Å². The van der Waals surface area contributed by atoms with Crippen LogP contribution in [0, 0.1) is 5.92 Å². The Morgan fingerprint density at radius 2 is 2.39 bits per heavy atom. The SMILES string of the molecule is CC(C)COCCCNC(=O)CC1CNCCO1. The van der Waals surface area contributed by atoms with E-state index in [1.807, 2.05) is 0 Å². The predicted molar refractivity (Wildman–Crippen MR) is 70.5 cm³/mol. The lowest BCUT2D eigenvalue weighted by Crippen LogP contribution is -2.41. The van der Waals surface area contributed by atoms with E-state index in [9.17, 15) is 4.79 Å². The summed E-state index contributed by atoms with van der Waals surface area (Å²) in [5.74, 6) is 0.628. The normalized spacial score (nSPS) is 20.1. The predicted octanol–water partition coefficient (Wildman–Crippen LogP) is 0.544. The standard InChI is InChI=1S/C13H26N2O3/c1-11(2)10-17-6-3-4-15-13(16)8-12-9-14-5-7-18-12/h11-12,14H,3-10H2,1-2H3,(H,15,16). The molecule has 1 atom stereocenters. The number of ether oxygens (including phenoxy) is 2. The number of morpholine rings is 1. The molecular weight excluding hydrogens is 232 g/mol. The van der Waals surface area contributed by atoms with Gasteiger partial charge in [0.05, 0.1) is 19.1 Å². The molecule has 1 saturated heterocycles. The molecule has 1 aliphatic heterocycles. The van der Waals surface area contributed by atoms with Crippen molar-refractivity contribution in [1.29, 1.82) is 0 Å². The Kier molecular flexibility index (Phi) is 7.96. The van der Waals surface area contributed by atoms with Gasteiger partial charge in [-0.05, 0) is 12.3 Å². The van der Waals surface area contributed by atoms with Crippen LogP contribution in [0.15, 0.2) is 0 Å². The van der Waals surface area contributed by atoms with Crippen LogP contribution in [0.5, 0.6) is 0 Å². The van der Waals surface area contributed by atoms with Crippen LogP contribution in [0.25, 0.3) is 0 Å². The second-order valence-electron chi connectivity index (χ2n) is 5.07. The highest BCUT2D eigenvalue weighted by Crippen LogP contribution is 2.01. The van der Waals surface area contributed by atoms with Crippen LogP contribution < -0.4 is 10.6 Å². The number of carbonyl (C=O) groups is 1. The van der Waals surface area contributed by atoms with Gasteiger partial charge < -0.3 is 20.1 Å². The van der Waals surface area contributed by atoms with Gasteiger partial charge in [-0.1, -0.05) is 13.8 Å². The minimum atomic E-state index is 0.0240. The number of carbonyl (C=O) groups excluding carboxylic acids is 1. The average molecular weight is 258 g/mol. The second-order valence-corrected chi connectivity index (χ2v) is 5.07. The molecular formula is C13H26N2O3. The van der Waals surface area contributed by atoms with Crippen molar-refractivity contribution in [2.75, 3.05) is 39.5 Å². The van der Waals surface area contributed by atoms with Crippen LogP contribution in [0.4, 0.5) is 0 Å². The van der Waals surface area contributed by atoms with E-state index in [-0.39, 0.29) is 12.0 Å². The molecule has 1 aliphatic rings. The molecule has 1 heterocycles. The van der Waals surface area contributed by atoms with Crippen LogP contribution in [-0.2, 0) is 14.3 Å². The van der Waals surface area contributed by atoms with Gasteiger partial charge in [0.25, 0.3) is 0 Å². The molecule has 106 valence electrons. The van der Waals surface area contributed by atoms with Gasteiger partial charge >= 0.3 is 0 Å². The Morgan fingerprint density at radius 3 is 3.06 bits per heavy atom. The molecule has 1 amide bonds. The summed E-state index contributed by atoms with van der Waals surface area (Å²) in [4.78, 5) is 11.6. The molecule has 0 radical (unpaired) electrons. The van der Waals surface area contributed by atoms with Crippen molar-refractivity contribution in [2.24, 2.45) is 5.92 Å². The molecule has 2 N–H and O–H groups in total. The molecule has 0 aliphatic carbocycles. The van der Waals surface area contributed by atoms with E-state index in [2.05, 4.69) is 24.5 Å². The van der Waals surface area contributed by atoms with Crippen LogP contribution in [0.3, 0.4) is 0 Å². The highest BCUT2D eigenvalue weighted by atomic mass is 16.5. The maximum absolute atomic E-state index is 11.6. The van der Waals surface area contributed by atoms with Crippen LogP contribution in [0.2, 0.25) is 0 Å². The third-order valence-corrected chi connectivity index (χ3v) is 2.66.